The van der Waals surface area contributed by atoms with E-state index in [9.17, 15) is 14.4 Å². The fourth-order valence-corrected chi connectivity index (χ4v) is 2.50. The zero-order valence-electron chi connectivity index (χ0n) is 12.2. The van der Waals surface area contributed by atoms with Crippen molar-refractivity contribution < 1.29 is 19.1 Å². The molecule has 1 aromatic carbocycles. The summed E-state index contributed by atoms with van der Waals surface area (Å²) >= 11 is 0. The number of carbonyl (C=O) groups is 3. The number of hydrogen-bond acceptors (Lipinski definition) is 5. The summed E-state index contributed by atoms with van der Waals surface area (Å²) in [5.74, 6) is -1.52. The van der Waals surface area contributed by atoms with E-state index in [0.717, 1.165) is 0 Å². The minimum absolute atomic E-state index is 0.127. The highest BCUT2D eigenvalue weighted by Crippen LogP contribution is 2.39. The van der Waals surface area contributed by atoms with E-state index in [0.29, 0.717) is 5.56 Å². The highest BCUT2D eigenvalue weighted by Gasteiger charge is 2.46. The summed E-state index contributed by atoms with van der Waals surface area (Å²) in [6, 6.07) is 6.61. The van der Waals surface area contributed by atoms with E-state index < -0.39 is 12.0 Å². The number of ether oxygens (including phenoxy) is 1. The number of rotatable bonds is 3. The lowest BCUT2D eigenvalue weighted by molar-refractivity contribution is -0.125. The number of hydrazine groups is 1. The Hall–Kier alpha value is -2.21. The lowest BCUT2D eigenvalue weighted by Crippen LogP contribution is -2.36. The second-order valence-electron chi connectivity index (χ2n) is 5.12. The second kappa shape index (κ2) is 6.05. The normalized spacial score (nSPS) is 25.0. The van der Waals surface area contributed by atoms with Crippen LogP contribution in [0.15, 0.2) is 24.3 Å². The molecule has 112 valence electrons. The van der Waals surface area contributed by atoms with E-state index in [1.807, 2.05) is 0 Å². The Kier molecular flexibility index (Phi) is 4.37. The molecule has 0 bridgehead atoms. The molecule has 2 unspecified atom stereocenters. The Bertz CT molecular complexity index is 565. The molecular formula is C15H18N2O4. The number of carbonyl (C=O) groups excluding carboxylic acids is 3. The molecule has 1 aliphatic rings. The van der Waals surface area contributed by atoms with Crippen molar-refractivity contribution in [1.82, 2.24) is 10.9 Å². The van der Waals surface area contributed by atoms with Crippen molar-refractivity contribution in [2.75, 3.05) is 7.05 Å². The van der Waals surface area contributed by atoms with Gasteiger partial charge in [0.1, 0.15) is 11.7 Å². The Morgan fingerprint density at radius 1 is 1.10 bits per heavy atom. The van der Waals surface area contributed by atoms with Gasteiger partial charge in [-0.3, -0.25) is 15.0 Å². The smallest absolute Gasteiger partial charge is 0.409 e. The van der Waals surface area contributed by atoms with Crippen molar-refractivity contribution in [2.45, 2.75) is 19.8 Å². The van der Waals surface area contributed by atoms with Crippen LogP contribution in [0, 0.1) is 11.8 Å². The van der Waals surface area contributed by atoms with Gasteiger partial charge in [0.15, 0.2) is 11.6 Å². The van der Waals surface area contributed by atoms with Crippen LogP contribution >= 0.6 is 0 Å². The lowest BCUT2D eigenvalue weighted by atomic mass is 9.94. The molecule has 21 heavy (non-hydrogen) atoms. The number of hydrogen-bond donors (Lipinski definition) is 2. The zero-order valence-corrected chi connectivity index (χ0v) is 12.2. The van der Waals surface area contributed by atoms with E-state index >= 15 is 0 Å². The second-order valence-corrected chi connectivity index (χ2v) is 5.12. The van der Waals surface area contributed by atoms with E-state index in [1.165, 1.54) is 7.05 Å². The summed E-state index contributed by atoms with van der Waals surface area (Å²) in [7, 11) is 1.53. The third kappa shape index (κ3) is 2.80. The zero-order chi connectivity index (χ0) is 15.6. The average Bonchev–Trinajstić information content (AvgIpc) is 2.64. The lowest BCUT2D eigenvalue weighted by Gasteiger charge is -2.14. The molecule has 1 amide bonds. The van der Waals surface area contributed by atoms with Crippen LogP contribution in [-0.4, -0.2) is 24.7 Å². The highest BCUT2D eigenvalue weighted by atomic mass is 16.6. The molecule has 1 aliphatic carbocycles. The molecule has 0 aromatic heterocycles. The van der Waals surface area contributed by atoms with Gasteiger partial charge in [-0.1, -0.05) is 32.0 Å². The Morgan fingerprint density at radius 2 is 1.67 bits per heavy atom. The van der Waals surface area contributed by atoms with E-state index in [1.54, 1.807) is 38.1 Å². The van der Waals surface area contributed by atoms with E-state index in [-0.39, 0.29) is 29.2 Å². The SMILES string of the molecule is CNNC(=O)Oc1ccccc1C1C(=O)C(C)C(C)C1=O. The third-order valence-corrected chi connectivity index (χ3v) is 3.88. The molecule has 1 fully saturated rings. The van der Waals surface area contributed by atoms with Crippen molar-refractivity contribution >= 4 is 17.7 Å². The fourth-order valence-electron chi connectivity index (χ4n) is 2.50. The molecule has 0 radical (unpaired) electrons. The van der Waals surface area contributed by atoms with Gasteiger partial charge in [-0.15, -0.1) is 0 Å². The summed E-state index contributed by atoms with van der Waals surface area (Å²) in [6.07, 6.45) is -0.705. The Morgan fingerprint density at radius 3 is 2.24 bits per heavy atom. The summed E-state index contributed by atoms with van der Waals surface area (Å²) in [4.78, 5) is 36.1. The van der Waals surface area contributed by atoms with Crippen LogP contribution in [0.25, 0.3) is 0 Å². The molecule has 0 saturated heterocycles. The number of Topliss-reactive ketones (excluding diaryl/α,β-unsaturated/α-hetero) is 2. The van der Waals surface area contributed by atoms with Gasteiger partial charge in [-0.2, -0.15) is 0 Å². The van der Waals surface area contributed by atoms with Gasteiger partial charge in [0, 0.05) is 24.4 Å². The summed E-state index contributed by atoms with van der Waals surface area (Å²) in [5.41, 5.74) is 5.16. The minimum Gasteiger partial charge on any atom is -0.409 e. The number of nitrogens with one attached hydrogen (secondary N) is 2. The van der Waals surface area contributed by atoms with Crippen LogP contribution in [0.1, 0.15) is 25.3 Å². The first kappa shape index (κ1) is 15.2. The molecule has 0 spiro atoms. The molecule has 6 nitrogen and oxygen atoms in total. The molecule has 2 rings (SSSR count). The first-order valence-corrected chi connectivity index (χ1v) is 6.78. The van der Waals surface area contributed by atoms with Gasteiger partial charge in [0.2, 0.25) is 0 Å². The fraction of sp³-hybridized carbons (Fsp3) is 0.400. The van der Waals surface area contributed by atoms with Crippen molar-refractivity contribution in [2.24, 2.45) is 11.8 Å². The van der Waals surface area contributed by atoms with Crippen molar-refractivity contribution in [3.63, 3.8) is 0 Å². The van der Waals surface area contributed by atoms with Gasteiger partial charge >= 0.3 is 6.09 Å². The Balaban J connectivity index is 2.34. The maximum absolute atomic E-state index is 12.3. The van der Waals surface area contributed by atoms with Crippen LogP contribution in [0.2, 0.25) is 0 Å². The van der Waals surface area contributed by atoms with Crippen LogP contribution in [-0.2, 0) is 9.59 Å². The first-order valence-electron chi connectivity index (χ1n) is 6.78. The monoisotopic (exact) mass is 290 g/mol. The first-order chi connectivity index (χ1) is 9.97. The summed E-state index contributed by atoms with van der Waals surface area (Å²) in [5, 5.41) is 0. The van der Waals surface area contributed by atoms with Crippen LogP contribution in [0.5, 0.6) is 5.75 Å². The average molecular weight is 290 g/mol. The molecule has 2 atom stereocenters. The molecule has 1 saturated carbocycles. The van der Waals surface area contributed by atoms with Gasteiger partial charge in [-0.05, 0) is 6.07 Å². The molecule has 2 N–H and O–H groups in total. The summed E-state index contributed by atoms with van der Waals surface area (Å²) in [6.45, 7) is 3.50. The van der Waals surface area contributed by atoms with E-state index in [4.69, 9.17) is 4.74 Å². The number of benzene rings is 1. The Labute approximate surface area is 122 Å². The van der Waals surface area contributed by atoms with Crippen LogP contribution in [0.3, 0.4) is 0 Å². The maximum Gasteiger partial charge on any atom is 0.427 e. The summed E-state index contributed by atoms with van der Waals surface area (Å²) < 4.78 is 5.15. The van der Waals surface area contributed by atoms with Gasteiger partial charge in [-0.25, -0.2) is 10.2 Å². The van der Waals surface area contributed by atoms with Crippen molar-refractivity contribution in [1.29, 1.82) is 0 Å². The van der Waals surface area contributed by atoms with Gasteiger partial charge < -0.3 is 4.74 Å². The number of para-hydroxylation sites is 1. The molecular weight excluding hydrogens is 272 g/mol. The molecule has 1 aromatic rings. The predicted octanol–water partition coefficient (Wildman–Crippen LogP) is 1.42. The van der Waals surface area contributed by atoms with Crippen LogP contribution in [0.4, 0.5) is 4.79 Å². The third-order valence-electron chi connectivity index (χ3n) is 3.88. The topological polar surface area (TPSA) is 84.5 Å². The van der Waals surface area contributed by atoms with Crippen molar-refractivity contribution in [3.05, 3.63) is 29.8 Å². The number of amides is 1. The minimum atomic E-state index is -0.853. The van der Waals surface area contributed by atoms with Gasteiger partial charge in [0.25, 0.3) is 0 Å². The van der Waals surface area contributed by atoms with E-state index in [2.05, 4.69) is 10.9 Å². The van der Waals surface area contributed by atoms with Crippen LogP contribution < -0.4 is 15.6 Å². The maximum atomic E-state index is 12.3. The number of ketones is 2. The molecule has 0 heterocycles. The van der Waals surface area contributed by atoms with Crippen molar-refractivity contribution in [3.8, 4) is 5.75 Å². The quantitative estimate of drug-likeness (QED) is 0.649. The largest absolute Gasteiger partial charge is 0.427 e. The molecule has 6 heteroatoms. The predicted molar refractivity (Wildman–Crippen MR) is 75.7 cm³/mol. The highest BCUT2D eigenvalue weighted by molar-refractivity contribution is 6.15. The van der Waals surface area contributed by atoms with Gasteiger partial charge in [0.05, 0.1) is 0 Å². The molecule has 0 aliphatic heterocycles. The standard InChI is InChI=1S/C15H18N2O4/c1-8-9(2)14(19)12(13(8)18)10-6-4-5-7-11(10)21-15(20)17-16-3/h4-9,12,16H,1-3H3,(H,17,20).